The second-order valence-corrected chi connectivity index (χ2v) is 5.24. The largest absolute Gasteiger partial charge is 0.0894 e. The number of hydrogen-bond donors (Lipinski definition) is 0. The third-order valence-corrected chi connectivity index (χ3v) is 2.90. The summed E-state index contributed by atoms with van der Waals surface area (Å²) in [5.41, 5.74) is 0. The number of alkyl halides is 1. The van der Waals surface area contributed by atoms with Crippen molar-refractivity contribution in [3.63, 3.8) is 0 Å². The lowest BCUT2D eigenvalue weighted by atomic mass is 10.00. The topological polar surface area (TPSA) is 0 Å². The highest BCUT2D eigenvalue weighted by Crippen LogP contribution is 2.39. The van der Waals surface area contributed by atoms with Crippen molar-refractivity contribution in [2.45, 2.75) is 44.4 Å². The Balaban J connectivity index is 2.00. The Hall–Kier alpha value is 0.480. The molecule has 0 saturated heterocycles. The lowest BCUT2D eigenvalue weighted by molar-refractivity contribution is 0.455. The summed E-state index contributed by atoms with van der Waals surface area (Å²) >= 11 is 3.57. The lowest BCUT2D eigenvalue weighted by Crippen LogP contribution is -2.00. The fraction of sp³-hybridized carbons (Fsp3) is 1.00. The van der Waals surface area contributed by atoms with Crippen LogP contribution in [0.5, 0.6) is 0 Å². The molecule has 0 aromatic carbocycles. The van der Waals surface area contributed by atoms with Crippen molar-refractivity contribution in [3.05, 3.63) is 0 Å². The summed E-state index contributed by atoms with van der Waals surface area (Å²) < 4.78 is 0. The van der Waals surface area contributed by atoms with Gasteiger partial charge in [-0.2, -0.15) is 0 Å². The molecule has 1 heteroatoms. The van der Waals surface area contributed by atoms with Crippen LogP contribution in [-0.2, 0) is 0 Å². The molecule has 60 valence electrons. The first-order chi connectivity index (χ1) is 4.70. The van der Waals surface area contributed by atoms with Crippen LogP contribution in [0.1, 0.15) is 39.5 Å². The van der Waals surface area contributed by atoms with Crippen LogP contribution in [0.2, 0.25) is 0 Å². The molecule has 2 atom stereocenters. The van der Waals surface area contributed by atoms with Crippen molar-refractivity contribution in [3.8, 4) is 0 Å². The van der Waals surface area contributed by atoms with E-state index in [1.807, 2.05) is 0 Å². The van der Waals surface area contributed by atoms with E-state index in [1.54, 1.807) is 0 Å². The summed E-state index contributed by atoms with van der Waals surface area (Å²) in [5, 5.41) is 0. The molecule has 0 aromatic rings. The van der Waals surface area contributed by atoms with Crippen LogP contribution in [0.4, 0.5) is 0 Å². The average Bonchev–Trinajstić information content (AvgIpc) is 2.63. The van der Waals surface area contributed by atoms with Gasteiger partial charge >= 0.3 is 0 Å². The summed E-state index contributed by atoms with van der Waals surface area (Å²) in [6, 6.07) is 0. The van der Waals surface area contributed by atoms with Crippen LogP contribution in [0, 0.1) is 11.8 Å². The number of hydrogen-bond acceptors (Lipinski definition) is 0. The predicted octanol–water partition coefficient (Wildman–Crippen LogP) is 3.60. The molecule has 0 bridgehead atoms. The molecule has 1 aliphatic rings. The molecule has 0 N–H and O–H groups in total. The minimum Gasteiger partial charge on any atom is -0.0894 e. The van der Waals surface area contributed by atoms with E-state index >= 15 is 0 Å². The molecule has 1 fully saturated rings. The summed E-state index contributed by atoms with van der Waals surface area (Å²) in [7, 11) is 0. The van der Waals surface area contributed by atoms with Crippen LogP contribution in [0.15, 0.2) is 0 Å². The average molecular weight is 205 g/mol. The van der Waals surface area contributed by atoms with Crippen LogP contribution in [0.3, 0.4) is 0 Å². The first-order valence-corrected chi connectivity index (χ1v) is 5.25. The molecular weight excluding hydrogens is 188 g/mol. The second kappa shape index (κ2) is 3.75. The summed E-state index contributed by atoms with van der Waals surface area (Å²) in [4.78, 5) is 0.716. The van der Waals surface area contributed by atoms with Gasteiger partial charge in [-0.25, -0.2) is 0 Å². The quantitative estimate of drug-likeness (QED) is 0.615. The molecule has 10 heavy (non-hydrogen) atoms. The van der Waals surface area contributed by atoms with Crippen LogP contribution < -0.4 is 0 Å². The monoisotopic (exact) mass is 204 g/mol. The zero-order valence-electron chi connectivity index (χ0n) is 6.94. The van der Waals surface area contributed by atoms with E-state index in [-0.39, 0.29) is 0 Å². The van der Waals surface area contributed by atoms with Gasteiger partial charge in [-0.3, -0.25) is 0 Å². The zero-order chi connectivity index (χ0) is 7.56. The smallest absolute Gasteiger partial charge is 0.0117 e. The van der Waals surface area contributed by atoms with Gasteiger partial charge in [-0.05, 0) is 37.5 Å². The SMILES string of the molecule is CC(Br)CCC(C)C1CC1. The van der Waals surface area contributed by atoms with Crippen molar-refractivity contribution in [1.82, 2.24) is 0 Å². The highest BCUT2D eigenvalue weighted by atomic mass is 79.9. The number of halogens is 1. The van der Waals surface area contributed by atoms with E-state index < -0.39 is 0 Å². The Labute approximate surface area is 72.5 Å². The van der Waals surface area contributed by atoms with E-state index in [0.29, 0.717) is 4.83 Å². The van der Waals surface area contributed by atoms with Crippen molar-refractivity contribution in [2.75, 3.05) is 0 Å². The second-order valence-electron chi connectivity index (χ2n) is 3.67. The van der Waals surface area contributed by atoms with E-state index in [9.17, 15) is 0 Å². The molecule has 1 saturated carbocycles. The highest BCUT2D eigenvalue weighted by Gasteiger charge is 2.27. The maximum Gasteiger partial charge on any atom is 0.0117 e. The van der Waals surface area contributed by atoms with Gasteiger partial charge in [0.15, 0.2) is 0 Å². The lowest BCUT2D eigenvalue weighted by Gasteiger charge is -2.09. The Kier molecular flexibility index (Phi) is 3.22. The van der Waals surface area contributed by atoms with E-state index in [0.717, 1.165) is 11.8 Å². The minimum atomic E-state index is 0.716. The van der Waals surface area contributed by atoms with Crippen molar-refractivity contribution in [1.29, 1.82) is 0 Å². The van der Waals surface area contributed by atoms with Crippen molar-refractivity contribution < 1.29 is 0 Å². The highest BCUT2D eigenvalue weighted by molar-refractivity contribution is 9.09. The van der Waals surface area contributed by atoms with Gasteiger partial charge in [-0.15, -0.1) is 0 Å². The predicted molar refractivity (Wildman–Crippen MR) is 49.5 cm³/mol. The van der Waals surface area contributed by atoms with Crippen molar-refractivity contribution >= 4 is 15.9 Å². The molecule has 0 amide bonds. The zero-order valence-corrected chi connectivity index (χ0v) is 8.52. The van der Waals surface area contributed by atoms with E-state index in [4.69, 9.17) is 0 Å². The Bertz CT molecular complexity index is 94.9. The van der Waals surface area contributed by atoms with E-state index in [1.165, 1.54) is 25.7 Å². The van der Waals surface area contributed by atoms with Gasteiger partial charge in [0, 0.05) is 4.83 Å². The maximum absolute atomic E-state index is 3.57. The van der Waals surface area contributed by atoms with Gasteiger partial charge in [0.05, 0.1) is 0 Å². The third-order valence-electron chi connectivity index (χ3n) is 2.45. The minimum absolute atomic E-state index is 0.716. The molecule has 0 aliphatic heterocycles. The van der Waals surface area contributed by atoms with Gasteiger partial charge in [-0.1, -0.05) is 29.8 Å². The van der Waals surface area contributed by atoms with Gasteiger partial charge in [0.2, 0.25) is 0 Å². The molecular formula is C9H17Br. The fourth-order valence-electron chi connectivity index (χ4n) is 1.39. The van der Waals surface area contributed by atoms with Crippen molar-refractivity contribution in [2.24, 2.45) is 11.8 Å². The summed E-state index contributed by atoms with van der Waals surface area (Å²) in [6.45, 7) is 4.63. The molecule has 0 radical (unpaired) electrons. The molecule has 0 aromatic heterocycles. The fourth-order valence-corrected chi connectivity index (χ4v) is 1.66. The maximum atomic E-state index is 3.57. The van der Waals surface area contributed by atoms with Crippen LogP contribution in [0.25, 0.3) is 0 Å². The Morgan fingerprint density at radius 2 is 1.90 bits per heavy atom. The Morgan fingerprint density at radius 1 is 1.30 bits per heavy atom. The summed E-state index contributed by atoms with van der Waals surface area (Å²) in [6.07, 6.45) is 5.75. The van der Waals surface area contributed by atoms with Crippen LogP contribution in [-0.4, -0.2) is 4.83 Å². The summed E-state index contributed by atoms with van der Waals surface area (Å²) in [5.74, 6) is 2.08. The molecule has 0 spiro atoms. The van der Waals surface area contributed by atoms with Crippen LogP contribution >= 0.6 is 15.9 Å². The first kappa shape index (κ1) is 8.58. The molecule has 1 rings (SSSR count). The third kappa shape index (κ3) is 3.05. The molecule has 0 nitrogen and oxygen atoms in total. The number of rotatable bonds is 4. The van der Waals surface area contributed by atoms with Gasteiger partial charge < -0.3 is 0 Å². The van der Waals surface area contributed by atoms with Gasteiger partial charge in [0.25, 0.3) is 0 Å². The normalized spacial score (nSPS) is 24.3. The molecule has 2 unspecified atom stereocenters. The van der Waals surface area contributed by atoms with Gasteiger partial charge in [0.1, 0.15) is 0 Å². The Morgan fingerprint density at radius 3 is 2.30 bits per heavy atom. The standard InChI is InChI=1S/C9H17Br/c1-7(9-5-6-9)3-4-8(2)10/h7-9H,3-6H2,1-2H3. The molecule has 1 aliphatic carbocycles. The van der Waals surface area contributed by atoms with E-state index in [2.05, 4.69) is 29.8 Å². The molecule has 0 heterocycles. The first-order valence-electron chi connectivity index (χ1n) is 4.34.